The van der Waals surface area contributed by atoms with Gasteiger partial charge in [-0.15, -0.1) is 0 Å². The average Bonchev–Trinajstić information content (AvgIpc) is 2.49. The quantitative estimate of drug-likeness (QED) is 0.749. The molecule has 2 N–H and O–H groups in total. The number of aromatic carboxylic acids is 1. The van der Waals surface area contributed by atoms with E-state index in [0.29, 0.717) is 4.90 Å². The van der Waals surface area contributed by atoms with Gasteiger partial charge in [0, 0.05) is 4.90 Å². The normalized spacial score (nSPS) is 14.0. The molecule has 0 bridgehead atoms. The fourth-order valence-corrected chi connectivity index (χ4v) is 2.33. The van der Waals surface area contributed by atoms with Crippen molar-refractivity contribution in [2.45, 2.75) is 4.90 Å². The first-order chi connectivity index (χ1) is 8.08. The van der Waals surface area contributed by atoms with Gasteiger partial charge in [-0.05, 0) is 29.6 Å². The highest BCUT2D eigenvalue weighted by atomic mass is 32.2. The predicted octanol–water partition coefficient (Wildman–Crippen LogP) is 2.40. The smallest absolute Gasteiger partial charge is 0.417 e. The third-order valence-electron chi connectivity index (χ3n) is 2.25. The lowest BCUT2D eigenvalue weighted by molar-refractivity contribution is 0.0696. The molecule has 0 atom stereocenters. The Hall–Kier alpha value is -1.95. The van der Waals surface area contributed by atoms with Crippen molar-refractivity contribution >= 4 is 30.1 Å². The monoisotopic (exact) mass is 251 g/mol. The number of carbonyl (C=O) groups is 2. The lowest BCUT2D eigenvalue weighted by Gasteiger charge is -2.14. The third kappa shape index (κ3) is 2.42. The Morgan fingerprint density at radius 3 is 2.71 bits per heavy atom. The molecule has 0 spiro atoms. The molecule has 5 nitrogen and oxygen atoms in total. The number of rotatable bonds is 1. The number of carboxylic acid groups (broad SMARTS) is 2. The number of hydrogen-bond donors (Lipinski definition) is 2. The molecule has 0 unspecified atom stereocenters. The summed E-state index contributed by atoms with van der Waals surface area (Å²) in [5.41, 5.74) is 0.973. The van der Waals surface area contributed by atoms with Gasteiger partial charge in [0.05, 0.1) is 12.1 Å². The summed E-state index contributed by atoms with van der Waals surface area (Å²) < 4.78 is 1.15. The fraction of sp³-hybridized carbons (Fsp3) is 0.0909. The van der Waals surface area contributed by atoms with Crippen molar-refractivity contribution < 1.29 is 19.8 Å². The van der Waals surface area contributed by atoms with E-state index in [-0.39, 0.29) is 12.1 Å². The summed E-state index contributed by atoms with van der Waals surface area (Å²) in [7, 11) is 0. The van der Waals surface area contributed by atoms with Gasteiger partial charge in [0.15, 0.2) is 0 Å². The summed E-state index contributed by atoms with van der Waals surface area (Å²) in [6.07, 6.45) is 2.47. The van der Waals surface area contributed by atoms with Gasteiger partial charge < -0.3 is 10.2 Å². The van der Waals surface area contributed by atoms with E-state index in [0.717, 1.165) is 21.8 Å². The van der Waals surface area contributed by atoms with Crippen LogP contribution in [0.3, 0.4) is 0 Å². The zero-order valence-electron chi connectivity index (χ0n) is 8.66. The van der Waals surface area contributed by atoms with Gasteiger partial charge in [-0.2, -0.15) is 0 Å². The van der Waals surface area contributed by atoms with Gasteiger partial charge in [-0.1, -0.05) is 18.2 Å². The summed E-state index contributed by atoms with van der Waals surface area (Å²) in [4.78, 5) is 22.3. The van der Waals surface area contributed by atoms with Gasteiger partial charge in [0.2, 0.25) is 0 Å². The minimum atomic E-state index is -1.05. The van der Waals surface area contributed by atoms with E-state index in [1.54, 1.807) is 18.2 Å². The molecule has 0 fully saturated rings. The van der Waals surface area contributed by atoms with Crippen molar-refractivity contribution in [3.8, 4) is 0 Å². The first-order valence-corrected chi connectivity index (χ1v) is 5.57. The molecule has 17 heavy (non-hydrogen) atoms. The Balaban J connectivity index is 2.40. The van der Waals surface area contributed by atoms with Gasteiger partial charge in [0.1, 0.15) is 0 Å². The summed E-state index contributed by atoms with van der Waals surface area (Å²) in [6.45, 7) is 0.275. The SMILES string of the molecule is O=C(O)c1ccc2c(c1)SN(C(=O)O)CC=C2. The molecule has 0 saturated carbocycles. The standard InChI is InChI=1S/C11H9NO4S/c13-10(14)8-4-3-7-2-1-5-12(11(15)16)17-9(7)6-8/h1-4,6H,5H2,(H,13,14)(H,15,16). The van der Waals surface area contributed by atoms with E-state index in [4.69, 9.17) is 10.2 Å². The Morgan fingerprint density at radius 2 is 2.06 bits per heavy atom. The van der Waals surface area contributed by atoms with Crippen molar-refractivity contribution in [1.82, 2.24) is 4.31 Å². The maximum Gasteiger partial charge on any atom is 0.417 e. The molecule has 88 valence electrons. The molecule has 1 aromatic rings. The molecule has 1 amide bonds. The molecule has 1 aliphatic heterocycles. The van der Waals surface area contributed by atoms with Gasteiger partial charge in [-0.3, -0.25) is 0 Å². The fourth-order valence-electron chi connectivity index (χ4n) is 1.43. The minimum Gasteiger partial charge on any atom is -0.478 e. The lowest BCUT2D eigenvalue weighted by Crippen LogP contribution is -2.21. The largest absolute Gasteiger partial charge is 0.478 e. The maximum atomic E-state index is 10.9. The minimum absolute atomic E-state index is 0.150. The van der Waals surface area contributed by atoms with Crippen LogP contribution in [0.2, 0.25) is 0 Å². The molecule has 2 rings (SSSR count). The van der Waals surface area contributed by atoms with Crippen molar-refractivity contribution in [3.63, 3.8) is 0 Å². The van der Waals surface area contributed by atoms with Crippen molar-refractivity contribution in [1.29, 1.82) is 0 Å². The molecular formula is C11H9NO4S. The number of benzene rings is 1. The van der Waals surface area contributed by atoms with Gasteiger partial charge in [-0.25, -0.2) is 13.9 Å². The third-order valence-corrected chi connectivity index (χ3v) is 3.33. The highest BCUT2D eigenvalue weighted by Gasteiger charge is 2.17. The molecular weight excluding hydrogens is 242 g/mol. The van der Waals surface area contributed by atoms with Crippen LogP contribution in [0.5, 0.6) is 0 Å². The highest BCUT2D eigenvalue weighted by molar-refractivity contribution is 7.97. The zero-order chi connectivity index (χ0) is 12.4. The number of hydrogen-bond acceptors (Lipinski definition) is 3. The van der Waals surface area contributed by atoms with E-state index < -0.39 is 12.1 Å². The second-order valence-corrected chi connectivity index (χ2v) is 4.46. The summed E-state index contributed by atoms with van der Waals surface area (Å²) in [5.74, 6) is -1.02. The van der Waals surface area contributed by atoms with E-state index in [1.165, 1.54) is 12.1 Å². The zero-order valence-corrected chi connectivity index (χ0v) is 9.48. The predicted molar refractivity (Wildman–Crippen MR) is 63.0 cm³/mol. The van der Waals surface area contributed by atoms with Crippen LogP contribution in [0.4, 0.5) is 4.79 Å². The first-order valence-electron chi connectivity index (χ1n) is 4.80. The summed E-state index contributed by atoms with van der Waals surface area (Å²) >= 11 is 1.03. The van der Waals surface area contributed by atoms with Crippen LogP contribution in [-0.2, 0) is 0 Å². The van der Waals surface area contributed by atoms with Crippen LogP contribution in [0.1, 0.15) is 15.9 Å². The van der Waals surface area contributed by atoms with Gasteiger partial charge >= 0.3 is 12.1 Å². The second kappa shape index (κ2) is 4.50. The van der Waals surface area contributed by atoms with Crippen molar-refractivity contribution in [2.24, 2.45) is 0 Å². The average molecular weight is 251 g/mol. The number of amides is 1. The van der Waals surface area contributed by atoms with Crippen LogP contribution in [0.15, 0.2) is 29.2 Å². The van der Waals surface area contributed by atoms with Crippen LogP contribution < -0.4 is 0 Å². The summed E-state index contributed by atoms with van der Waals surface area (Å²) in [6, 6.07) is 4.66. The Kier molecular flexibility index (Phi) is 3.06. The number of carboxylic acids is 1. The van der Waals surface area contributed by atoms with Crippen LogP contribution in [-0.4, -0.2) is 33.1 Å². The molecule has 0 aromatic heterocycles. The Labute approximate surface area is 101 Å². The van der Waals surface area contributed by atoms with Crippen LogP contribution >= 0.6 is 11.9 Å². The maximum absolute atomic E-state index is 10.9. The Morgan fingerprint density at radius 1 is 1.29 bits per heavy atom. The summed E-state index contributed by atoms with van der Waals surface area (Å²) in [5, 5.41) is 17.8. The lowest BCUT2D eigenvalue weighted by atomic mass is 10.1. The second-order valence-electron chi connectivity index (χ2n) is 3.40. The molecule has 0 saturated heterocycles. The van der Waals surface area contributed by atoms with E-state index in [2.05, 4.69) is 0 Å². The van der Waals surface area contributed by atoms with Crippen LogP contribution in [0, 0.1) is 0 Å². The van der Waals surface area contributed by atoms with E-state index in [1.807, 2.05) is 0 Å². The number of nitrogens with zero attached hydrogens (tertiary/aromatic N) is 1. The van der Waals surface area contributed by atoms with E-state index in [9.17, 15) is 9.59 Å². The molecule has 1 aromatic carbocycles. The van der Waals surface area contributed by atoms with Crippen molar-refractivity contribution in [3.05, 3.63) is 35.4 Å². The molecule has 1 aliphatic rings. The van der Waals surface area contributed by atoms with E-state index >= 15 is 0 Å². The Bertz CT molecular complexity index is 512. The van der Waals surface area contributed by atoms with Gasteiger partial charge in [0.25, 0.3) is 0 Å². The molecule has 0 radical (unpaired) electrons. The molecule has 1 heterocycles. The molecule has 0 aliphatic carbocycles. The van der Waals surface area contributed by atoms with Crippen LogP contribution in [0.25, 0.3) is 6.08 Å². The highest BCUT2D eigenvalue weighted by Crippen LogP contribution is 2.30. The topological polar surface area (TPSA) is 77.8 Å². The van der Waals surface area contributed by atoms with Crippen molar-refractivity contribution in [2.75, 3.05) is 6.54 Å². The first kappa shape index (κ1) is 11.5. The number of fused-ring (bicyclic) bond motifs is 1. The molecule has 6 heteroatoms.